The maximum atomic E-state index is 12.7. The Morgan fingerprint density at radius 1 is 1.04 bits per heavy atom. The molecule has 0 aromatic heterocycles. The summed E-state index contributed by atoms with van der Waals surface area (Å²) in [7, 11) is 0. The number of rotatable bonds is 2. The van der Waals surface area contributed by atoms with Gasteiger partial charge < -0.3 is 9.84 Å². The van der Waals surface area contributed by atoms with Crippen molar-refractivity contribution in [2.24, 2.45) is 0 Å². The lowest BCUT2D eigenvalue weighted by molar-refractivity contribution is -0.132. The van der Waals surface area contributed by atoms with Gasteiger partial charge in [-0.05, 0) is 24.6 Å². The monoisotopic (exact) mass is 310 g/mol. The van der Waals surface area contributed by atoms with Gasteiger partial charge in [0.1, 0.15) is 0 Å². The summed E-state index contributed by atoms with van der Waals surface area (Å²) in [6.07, 6.45) is 0.239. The summed E-state index contributed by atoms with van der Waals surface area (Å²) in [4.78, 5) is 35.8. The summed E-state index contributed by atoms with van der Waals surface area (Å²) in [6, 6.07) is 7.84. The van der Waals surface area contributed by atoms with E-state index in [4.69, 9.17) is 4.74 Å². The van der Waals surface area contributed by atoms with Gasteiger partial charge in [-0.25, -0.2) is 0 Å². The van der Waals surface area contributed by atoms with Crippen molar-refractivity contribution in [1.29, 1.82) is 0 Å². The molecule has 0 fully saturated rings. The molecular formula is C18H14O5. The fraction of sp³-hybridized carbons (Fsp3) is 0.167. The quantitative estimate of drug-likeness (QED) is 0.447. The van der Waals surface area contributed by atoms with E-state index in [9.17, 15) is 19.5 Å². The predicted molar refractivity (Wildman–Crippen MR) is 82.1 cm³/mol. The van der Waals surface area contributed by atoms with Crippen LogP contribution in [0.3, 0.4) is 0 Å². The second-order valence-corrected chi connectivity index (χ2v) is 5.43. The van der Waals surface area contributed by atoms with Crippen LogP contribution in [0.4, 0.5) is 0 Å². The van der Waals surface area contributed by atoms with Crippen molar-refractivity contribution in [3.8, 4) is 11.5 Å². The van der Waals surface area contributed by atoms with Crippen LogP contribution in [0.15, 0.2) is 30.3 Å². The summed E-state index contributed by atoms with van der Waals surface area (Å²) >= 11 is 0. The van der Waals surface area contributed by atoms with Crippen molar-refractivity contribution < 1.29 is 24.2 Å². The molecule has 116 valence electrons. The summed E-state index contributed by atoms with van der Waals surface area (Å²) in [5, 5.41) is 9.97. The summed E-state index contributed by atoms with van der Waals surface area (Å²) in [5.41, 5.74) is 2.30. The van der Waals surface area contributed by atoms with Crippen LogP contribution in [-0.2, 0) is 11.2 Å². The zero-order chi connectivity index (χ0) is 16.7. The van der Waals surface area contributed by atoms with Gasteiger partial charge in [0, 0.05) is 35.6 Å². The van der Waals surface area contributed by atoms with Gasteiger partial charge in [-0.3, -0.25) is 14.4 Å². The van der Waals surface area contributed by atoms with Gasteiger partial charge in [-0.1, -0.05) is 18.2 Å². The van der Waals surface area contributed by atoms with Gasteiger partial charge in [-0.15, -0.1) is 0 Å². The second-order valence-electron chi connectivity index (χ2n) is 5.43. The molecule has 1 N–H and O–H groups in total. The number of carbonyl (C=O) groups is 3. The molecule has 1 aliphatic carbocycles. The van der Waals surface area contributed by atoms with Crippen LogP contribution in [0.2, 0.25) is 0 Å². The number of aromatic hydroxyl groups is 1. The maximum Gasteiger partial charge on any atom is 0.308 e. The molecular weight excluding hydrogens is 296 g/mol. The average molecular weight is 310 g/mol. The molecule has 0 radical (unpaired) electrons. The molecule has 0 saturated carbocycles. The second kappa shape index (κ2) is 5.35. The minimum absolute atomic E-state index is 0.0210. The van der Waals surface area contributed by atoms with E-state index >= 15 is 0 Å². The van der Waals surface area contributed by atoms with Crippen LogP contribution in [0.5, 0.6) is 11.5 Å². The van der Waals surface area contributed by atoms with Crippen LogP contribution in [-0.4, -0.2) is 22.6 Å². The number of phenols is 1. The molecule has 0 amide bonds. The van der Waals surface area contributed by atoms with Gasteiger partial charge in [0.15, 0.2) is 23.1 Å². The predicted octanol–water partition coefficient (Wildman–Crippen LogP) is 2.66. The van der Waals surface area contributed by atoms with E-state index in [1.165, 1.54) is 26.0 Å². The van der Waals surface area contributed by atoms with Gasteiger partial charge >= 0.3 is 5.97 Å². The zero-order valence-corrected chi connectivity index (χ0v) is 12.7. The molecule has 0 bridgehead atoms. The molecule has 0 unspecified atom stereocenters. The fourth-order valence-corrected chi connectivity index (χ4v) is 2.90. The van der Waals surface area contributed by atoms with Gasteiger partial charge in [0.25, 0.3) is 0 Å². The first-order chi connectivity index (χ1) is 10.9. The molecule has 0 aliphatic heterocycles. The fourth-order valence-electron chi connectivity index (χ4n) is 2.90. The van der Waals surface area contributed by atoms with Crippen molar-refractivity contribution in [2.75, 3.05) is 0 Å². The number of fused-ring (bicyclic) bond motifs is 2. The maximum absolute atomic E-state index is 12.7. The number of hydrogen-bond acceptors (Lipinski definition) is 5. The molecule has 0 heterocycles. The smallest absolute Gasteiger partial charge is 0.308 e. The van der Waals surface area contributed by atoms with E-state index in [0.29, 0.717) is 27.8 Å². The molecule has 0 atom stereocenters. The minimum Gasteiger partial charge on any atom is -0.504 e. The molecule has 0 spiro atoms. The Morgan fingerprint density at radius 3 is 2.39 bits per heavy atom. The molecule has 0 saturated heterocycles. The lowest BCUT2D eigenvalue weighted by Gasteiger charge is -2.22. The van der Waals surface area contributed by atoms with E-state index < -0.39 is 5.97 Å². The third kappa shape index (κ3) is 2.40. The third-order valence-corrected chi connectivity index (χ3v) is 3.88. The van der Waals surface area contributed by atoms with Crippen LogP contribution in [0.25, 0.3) is 0 Å². The Balaban J connectivity index is 2.24. The summed E-state index contributed by atoms with van der Waals surface area (Å²) < 4.78 is 5.08. The van der Waals surface area contributed by atoms with Crippen molar-refractivity contribution in [3.05, 3.63) is 58.1 Å². The van der Waals surface area contributed by atoms with Crippen molar-refractivity contribution in [2.45, 2.75) is 20.3 Å². The summed E-state index contributed by atoms with van der Waals surface area (Å²) in [5.74, 6) is -1.22. The number of phenolic OH excluding ortho intramolecular Hbond substituents is 1. The topological polar surface area (TPSA) is 80.7 Å². The summed E-state index contributed by atoms with van der Waals surface area (Å²) in [6.45, 7) is 2.66. The number of ether oxygens (including phenoxy) is 1. The SMILES string of the molecule is CC(=O)Oc1c(O)ccc2c1Cc1c(C(C)=O)cccc1C2=O. The number of hydrogen-bond donors (Lipinski definition) is 1. The van der Waals surface area contributed by atoms with E-state index in [0.717, 1.165) is 0 Å². The molecule has 5 heteroatoms. The highest BCUT2D eigenvalue weighted by atomic mass is 16.5. The zero-order valence-electron chi connectivity index (χ0n) is 12.7. The van der Waals surface area contributed by atoms with E-state index in [1.807, 2.05) is 0 Å². The van der Waals surface area contributed by atoms with E-state index in [-0.39, 0.29) is 29.5 Å². The standard InChI is InChI=1S/C18H14O5/c1-9(19)11-4-3-5-12-14(11)8-15-13(17(12)22)6-7-16(21)18(15)23-10(2)20/h3-7,21H,8H2,1-2H3. The Kier molecular flexibility index (Phi) is 3.48. The molecule has 2 aromatic rings. The molecule has 1 aliphatic rings. The molecule has 5 nitrogen and oxygen atoms in total. The van der Waals surface area contributed by atoms with Crippen molar-refractivity contribution >= 4 is 17.5 Å². The average Bonchev–Trinajstić information content (AvgIpc) is 2.49. The van der Waals surface area contributed by atoms with Crippen LogP contribution >= 0.6 is 0 Å². The van der Waals surface area contributed by atoms with E-state index in [1.54, 1.807) is 18.2 Å². The first-order valence-corrected chi connectivity index (χ1v) is 7.11. The molecule has 2 aromatic carbocycles. The highest BCUT2D eigenvalue weighted by Crippen LogP contribution is 2.39. The minimum atomic E-state index is -0.591. The van der Waals surface area contributed by atoms with Crippen LogP contribution < -0.4 is 4.74 Å². The first kappa shape index (κ1) is 15.0. The Bertz CT molecular complexity index is 864. The third-order valence-electron chi connectivity index (χ3n) is 3.88. The van der Waals surface area contributed by atoms with Gasteiger partial charge in [0.2, 0.25) is 0 Å². The Hall–Kier alpha value is -2.95. The van der Waals surface area contributed by atoms with Crippen LogP contribution in [0.1, 0.15) is 51.3 Å². The number of ketones is 2. The van der Waals surface area contributed by atoms with E-state index in [2.05, 4.69) is 0 Å². The highest BCUT2D eigenvalue weighted by molar-refractivity contribution is 6.14. The number of Topliss-reactive ketones (excluding diaryl/α,β-unsaturated/α-hetero) is 1. The lowest BCUT2D eigenvalue weighted by atomic mass is 9.81. The lowest BCUT2D eigenvalue weighted by Crippen LogP contribution is -2.19. The van der Waals surface area contributed by atoms with Gasteiger partial charge in [-0.2, -0.15) is 0 Å². The largest absolute Gasteiger partial charge is 0.504 e. The van der Waals surface area contributed by atoms with Gasteiger partial charge in [0.05, 0.1) is 0 Å². The normalized spacial score (nSPS) is 12.3. The Morgan fingerprint density at radius 2 is 1.74 bits per heavy atom. The van der Waals surface area contributed by atoms with Crippen LogP contribution in [0, 0.1) is 0 Å². The van der Waals surface area contributed by atoms with Crippen molar-refractivity contribution in [1.82, 2.24) is 0 Å². The molecule has 3 rings (SSSR count). The Labute approximate surface area is 132 Å². The van der Waals surface area contributed by atoms with Crippen molar-refractivity contribution in [3.63, 3.8) is 0 Å². The number of carbonyl (C=O) groups excluding carboxylic acids is 3. The highest BCUT2D eigenvalue weighted by Gasteiger charge is 2.30. The molecule has 23 heavy (non-hydrogen) atoms. The number of esters is 1. The first-order valence-electron chi connectivity index (χ1n) is 7.11. The number of benzene rings is 2.